The van der Waals surface area contributed by atoms with Crippen LogP contribution in [0.4, 0.5) is 5.82 Å². The molecule has 0 radical (unpaired) electrons. The lowest BCUT2D eigenvalue weighted by Gasteiger charge is -2.35. The van der Waals surface area contributed by atoms with E-state index >= 15 is 0 Å². The van der Waals surface area contributed by atoms with Gasteiger partial charge in [-0.1, -0.05) is 18.1 Å². The fraction of sp³-hybridized carbons (Fsp3) is 0.200. The van der Waals surface area contributed by atoms with Gasteiger partial charge in [-0.25, -0.2) is 9.50 Å². The third-order valence-electron chi connectivity index (χ3n) is 7.05. The summed E-state index contributed by atoms with van der Waals surface area (Å²) in [6, 6.07) is 16.7. The summed E-state index contributed by atoms with van der Waals surface area (Å²) in [5.74, 6) is 3.63. The van der Waals surface area contributed by atoms with Crippen molar-refractivity contribution in [1.29, 1.82) is 5.26 Å². The van der Waals surface area contributed by atoms with Gasteiger partial charge in [0.2, 0.25) is 0 Å². The fourth-order valence-corrected chi connectivity index (χ4v) is 4.98. The average Bonchev–Trinajstić information content (AvgIpc) is 3.59. The molecule has 8 nitrogen and oxygen atoms in total. The van der Waals surface area contributed by atoms with Gasteiger partial charge in [0, 0.05) is 86.2 Å². The Balaban J connectivity index is 1.21. The lowest BCUT2D eigenvalue weighted by atomic mass is 10.0. The Kier molecular flexibility index (Phi) is 6.09. The Morgan fingerprint density at radius 1 is 0.895 bits per heavy atom. The molecule has 0 saturated carbocycles. The Hall–Kier alpha value is -4.92. The van der Waals surface area contributed by atoms with Crippen molar-refractivity contribution in [2.45, 2.75) is 6.54 Å². The Bertz CT molecular complexity index is 1670. The highest BCUT2D eigenvalue weighted by atomic mass is 15.3. The molecule has 1 saturated heterocycles. The van der Waals surface area contributed by atoms with Crippen LogP contribution in [0.25, 0.3) is 27.8 Å². The van der Waals surface area contributed by atoms with Gasteiger partial charge in [-0.05, 0) is 35.9 Å². The van der Waals surface area contributed by atoms with Crippen LogP contribution in [-0.2, 0) is 13.6 Å². The van der Waals surface area contributed by atoms with E-state index in [1.807, 2.05) is 44.0 Å². The van der Waals surface area contributed by atoms with E-state index in [4.69, 9.17) is 11.4 Å². The molecule has 0 atom stereocenters. The molecule has 0 spiro atoms. The van der Waals surface area contributed by atoms with Gasteiger partial charge in [0.15, 0.2) is 0 Å². The maximum atomic E-state index is 9.69. The number of terminal acetylenes is 1. The largest absolute Gasteiger partial charge is 0.354 e. The number of aryl methyl sites for hydroxylation is 1. The predicted molar refractivity (Wildman–Crippen MR) is 147 cm³/mol. The number of aromatic nitrogens is 5. The van der Waals surface area contributed by atoms with E-state index < -0.39 is 0 Å². The molecule has 1 aliphatic rings. The first-order chi connectivity index (χ1) is 18.6. The van der Waals surface area contributed by atoms with Gasteiger partial charge >= 0.3 is 0 Å². The van der Waals surface area contributed by atoms with Crippen LogP contribution in [0, 0.1) is 23.7 Å². The number of rotatable bonds is 5. The van der Waals surface area contributed by atoms with Gasteiger partial charge in [-0.3, -0.25) is 9.58 Å². The molecule has 0 unspecified atom stereocenters. The number of benzene rings is 1. The normalized spacial score (nSPS) is 13.9. The van der Waals surface area contributed by atoms with Crippen LogP contribution >= 0.6 is 0 Å². The first-order valence-corrected chi connectivity index (χ1v) is 12.5. The molecular weight excluding hydrogens is 472 g/mol. The van der Waals surface area contributed by atoms with E-state index in [1.165, 1.54) is 5.56 Å². The highest BCUT2D eigenvalue weighted by molar-refractivity contribution is 5.87. The summed E-state index contributed by atoms with van der Waals surface area (Å²) < 4.78 is 3.54. The zero-order valence-corrected chi connectivity index (χ0v) is 21.1. The van der Waals surface area contributed by atoms with E-state index in [0.29, 0.717) is 5.56 Å². The quantitative estimate of drug-likeness (QED) is 0.341. The Labute approximate surface area is 221 Å². The van der Waals surface area contributed by atoms with Crippen molar-refractivity contribution in [2.75, 3.05) is 31.1 Å². The Morgan fingerprint density at radius 2 is 1.71 bits per heavy atom. The highest BCUT2D eigenvalue weighted by Crippen LogP contribution is 2.32. The molecule has 0 aliphatic carbocycles. The summed E-state index contributed by atoms with van der Waals surface area (Å²) in [6.45, 7) is 4.68. The number of pyridine rings is 2. The minimum absolute atomic E-state index is 0.534. The average molecular weight is 499 g/mol. The summed E-state index contributed by atoms with van der Waals surface area (Å²) in [4.78, 5) is 9.60. The van der Waals surface area contributed by atoms with Crippen LogP contribution in [0.2, 0.25) is 0 Å². The van der Waals surface area contributed by atoms with Crippen molar-refractivity contribution in [1.82, 2.24) is 29.3 Å². The van der Waals surface area contributed by atoms with Crippen molar-refractivity contribution in [3.8, 4) is 40.7 Å². The summed E-state index contributed by atoms with van der Waals surface area (Å²) in [5.41, 5.74) is 7.31. The molecule has 0 bridgehead atoms. The smallest absolute Gasteiger partial charge is 0.128 e. The minimum Gasteiger partial charge on any atom is -0.354 e. The van der Waals surface area contributed by atoms with Gasteiger partial charge in [0.25, 0.3) is 0 Å². The van der Waals surface area contributed by atoms with E-state index in [0.717, 1.165) is 71.9 Å². The summed E-state index contributed by atoms with van der Waals surface area (Å²) in [6.07, 6.45) is 14.7. The first kappa shape index (κ1) is 23.5. The number of nitrogens with zero attached hydrogens (tertiary/aromatic N) is 8. The van der Waals surface area contributed by atoms with Gasteiger partial charge in [0.1, 0.15) is 11.9 Å². The number of hydrogen-bond acceptors (Lipinski definition) is 6. The molecule has 5 heterocycles. The van der Waals surface area contributed by atoms with E-state index in [2.05, 4.69) is 62.3 Å². The molecule has 6 rings (SSSR count). The maximum absolute atomic E-state index is 9.69. The van der Waals surface area contributed by atoms with Crippen LogP contribution in [0.15, 0.2) is 73.4 Å². The summed E-state index contributed by atoms with van der Waals surface area (Å²) >= 11 is 0. The molecule has 0 N–H and O–H groups in total. The fourth-order valence-electron chi connectivity index (χ4n) is 4.98. The zero-order valence-electron chi connectivity index (χ0n) is 21.1. The van der Waals surface area contributed by atoms with Crippen LogP contribution in [0.1, 0.15) is 16.7 Å². The highest BCUT2D eigenvalue weighted by Gasteiger charge is 2.19. The third kappa shape index (κ3) is 4.50. The van der Waals surface area contributed by atoms with Crippen LogP contribution in [-0.4, -0.2) is 55.5 Å². The van der Waals surface area contributed by atoms with Crippen molar-refractivity contribution in [3.05, 3.63) is 90.1 Å². The second-order valence-corrected chi connectivity index (χ2v) is 9.52. The van der Waals surface area contributed by atoms with E-state index in [9.17, 15) is 5.26 Å². The van der Waals surface area contributed by atoms with Crippen LogP contribution < -0.4 is 4.90 Å². The minimum atomic E-state index is 0.534. The lowest BCUT2D eigenvalue weighted by Crippen LogP contribution is -2.46. The van der Waals surface area contributed by atoms with E-state index in [1.54, 1.807) is 15.4 Å². The molecule has 5 aromatic rings. The second-order valence-electron chi connectivity index (χ2n) is 9.52. The number of nitriles is 1. The maximum Gasteiger partial charge on any atom is 0.128 e. The van der Waals surface area contributed by atoms with Crippen molar-refractivity contribution in [3.63, 3.8) is 0 Å². The zero-order chi connectivity index (χ0) is 26.1. The van der Waals surface area contributed by atoms with Crippen molar-refractivity contribution in [2.24, 2.45) is 7.05 Å². The third-order valence-corrected chi connectivity index (χ3v) is 7.05. The number of piperazine rings is 1. The van der Waals surface area contributed by atoms with Gasteiger partial charge in [0.05, 0.1) is 23.5 Å². The first-order valence-electron chi connectivity index (χ1n) is 12.5. The molecule has 0 amide bonds. The number of anilines is 1. The summed E-state index contributed by atoms with van der Waals surface area (Å²) in [5, 5.41) is 18.4. The molecular formula is C30H26N8. The predicted octanol–water partition coefficient (Wildman–Crippen LogP) is 3.97. The van der Waals surface area contributed by atoms with Crippen LogP contribution in [0.3, 0.4) is 0 Å². The molecule has 186 valence electrons. The van der Waals surface area contributed by atoms with Gasteiger partial charge in [-0.2, -0.15) is 15.5 Å². The molecule has 1 aromatic carbocycles. The molecule has 38 heavy (non-hydrogen) atoms. The number of fused-ring (bicyclic) bond motifs is 1. The molecule has 8 heteroatoms. The van der Waals surface area contributed by atoms with Crippen molar-refractivity contribution >= 4 is 11.3 Å². The second kappa shape index (κ2) is 9.85. The lowest BCUT2D eigenvalue weighted by molar-refractivity contribution is 0.249. The topological polar surface area (TPSA) is 78.3 Å². The molecule has 1 aliphatic heterocycles. The van der Waals surface area contributed by atoms with E-state index in [-0.39, 0.29) is 0 Å². The standard InChI is InChI=1S/C30H26N8/c1-3-22-4-6-23(7-5-22)19-36-10-12-37(13-11-36)29-9-8-24(16-32-29)28-14-25(27-18-33-35(2)20-27)21-38-30(28)26(15-31)17-34-38/h1,4-9,14,16-18,20-21H,10-13,19H2,2H3. The summed E-state index contributed by atoms with van der Waals surface area (Å²) in [7, 11) is 1.89. The Morgan fingerprint density at radius 3 is 2.37 bits per heavy atom. The van der Waals surface area contributed by atoms with Crippen molar-refractivity contribution < 1.29 is 0 Å². The van der Waals surface area contributed by atoms with Gasteiger partial charge < -0.3 is 4.90 Å². The SMILES string of the molecule is C#Cc1ccc(CN2CCN(c3ccc(-c4cc(-c5cnn(C)c5)cn5ncc(C#N)c45)cn3)CC2)cc1. The molecule has 4 aromatic heterocycles. The molecule has 1 fully saturated rings. The monoisotopic (exact) mass is 498 g/mol. The number of hydrogen-bond donors (Lipinski definition) is 0. The van der Waals surface area contributed by atoms with Crippen LogP contribution in [0.5, 0.6) is 0 Å². The van der Waals surface area contributed by atoms with Gasteiger partial charge in [-0.15, -0.1) is 6.42 Å².